The van der Waals surface area contributed by atoms with Crippen LogP contribution in [-0.2, 0) is 4.74 Å². The van der Waals surface area contributed by atoms with Gasteiger partial charge >= 0.3 is 0 Å². The van der Waals surface area contributed by atoms with E-state index in [4.69, 9.17) is 9.47 Å². The summed E-state index contributed by atoms with van der Waals surface area (Å²) in [6.07, 6.45) is 1.09. The summed E-state index contributed by atoms with van der Waals surface area (Å²) in [5.41, 5.74) is 2.41. The molecule has 0 spiro atoms. The molecule has 0 aliphatic rings. The third kappa shape index (κ3) is 3.80. The Hall–Kier alpha value is -0.540. The van der Waals surface area contributed by atoms with Crippen molar-refractivity contribution in [3.05, 3.63) is 27.7 Å². The van der Waals surface area contributed by atoms with Gasteiger partial charge in [-0.3, -0.25) is 0 Å². The van der Waals surface area contributed by atoms with Crippen LogP contribution in [0.4, 0.5) is 0 Å². The molecular weight excluding hydrogens is 268 g/mol. The first-order valence-corrected chi connectivity index (χ1v) is 6.26. The van der Waals surface area contributed by atoms with Crippen LogP contribution >= 0.6 is 15.9 Å². The van der Waals surface area contributed by atoms with E-state index in [-0.39, 0.29) is 6.10 Å². The van der Waals surface area contributed by atoms with Gasteiger partial charge in [0.15, 0.2) is 0 Å². The first-order valence-electron chi connectivity index (χ1n) is 5.47. The summed E-state index contributed by atoms with van der Waals surface area (Å²) >= 11 is 3.55. The first-order chi connectivity index (χ1) is 7.54. The molecule has 16 heavy (non-hydrogen) atoms. The molecule has 90 valence electrons. The zero-order valence-corrected chi connectivity index (χ0v) is 11.9. The monoisotopic (exact) mass is 286 g/mol. The summed E-state index contributed by atoms with van der Waals surface area (Å²) in [6, 6.07) is 4.11. The number of hydrogen-bond donors (Lipinski definition) is 0. The second kappa shape index (κ2) is 6.26. The predicted octanol–water partition coefficient (Wildman–Crippen LogP) is 3.87. The largest absolute Gasteiger partial charge is 0.491 e. The summed E-state index contributed by atoms with van der Waals surface area (Å²) in [4.78, 5) is 0. The van der Waals surface area contributed by atoms with Gasteiger partial charge in [0.25, 0.3) is 0 Å². The summed E-state index contributed by atoms with van der Waals surface area (Å²) in [5, 5.41) is 0. The molecule has 0 N–H and O–H groups in total. The lowest BCUT2D eigenvalue weighted by Crippen LogP contribution is -2.14. The van der Waals surface area contributed by atoms with Gasteiger partial charge in [-0.1, -0.05) is 15.9 Å². The van der Waals surface area contributed by atoms with Gasteiger partial charge in [-0.05, 0) is 44.0 Å². The molecule has 1 unspecified atom stereocenters. The minimum Gasteiger partial charge on any atom is -0.491 e. The molecule has 0 aliphatic carbocycles. The molecule has 3 heteroatoms. The van der Waals surface area contributed by atoms with Crippen LogP contribution in [0, 0.1) is 13.8 Å². The highest BCUT2D eigenvalue weighted by Gasteiger charge is 2.07. The summed E-state index contributed by atoms with van der Waals surface area (Å²) in [6.45, 7) is 6.94. The van der Waals surface area contributed by atoms with Crippen molar-refractivity contribution in [2.45, 2.75) is 33.3 Å². The Kier molecular flexibility index (Phi) is 5.29. The number of ether oxygens (including phenoxy) is 2. The van der Waals surface area contributed by atoms with Gasteiger partial charge in [0.05, 0.1) is 6.10 Å². The lowest BCUT2D eigenvalue weighted by atomic mass is 10.1. The van der Waals surface area contributed by atoms with Gasteiger partial charge in [-0.25, -0.2) is 0 Å². The van der Waals surface area contributed by atoms with E-state index in [1.165, 1.54) is 11.1 Å². The van der Waals surface area contributed by atoms with Crippen LogP contribution in [0.1, 0.15) is 24.5 Å². The van der Waals surface area contributed by atoms with Crippen LogP contribution < -0.4 is 4.74 Å². The van der Waals surface area contributed by atoms with Crippen molar-refractivity contribution >= 4 is 15.9 Å². The highest BCUT2D eigenvalue weighted by molar-refractivity contribution is 9.10. The molecule has 0 bridgehead atoms. The summed E-state index contributed by atoms with van der Waals surface area (Å²) < 4.78 is 12.0. The second-order valence-electron chi connectivity index (χ2n) is 4.08. The topological polar surface area (TPSA) is 18.5 Å². The Balaban J connectivity index is 2.67. The molecule has 1 atom stereocenters. The molecule has 0 amide bonds. The maximum absolute atomic E-state index is 5.83. The Labute approximate surface area is 106 Å². The number of halogens is 1. The molecule has 0 aromatic heterocycles. The maximum Gasteiger partial charge on any atom is 0.120 e. The number of hydrogen-bond acceptors (Lipinski definition) is 2. The Bertz CT molecular complexity index is 327. The van der Waals surface area contributed by atoms with Crippen molar-refractivity contribution in [1.29, 1.82) is 0 Å². The number of rotatable bonds is 5. The average Bonchev–Trinajstić information content (AvgIpc) is 2.23. The molecule has 1 aromatic carbocycles. The fraction of sp³-hybridized carbons (Fsp3) is 0.538. The summed E-state index contributed by atoms with van der Waals surface area (Å²) in [7, 11) is 1.71. The zero-order valence-electron chi connectivity index (χ0n) is 10.3. The lowest BCUT2D eigenvalue weighted by Gasteiger charge is -2.16. The summed E-state index contributed by atoms with van der Waals surface area (Å²) in [5.74, 6) is 0.932. The number of methoxy groups -OCH3 is 1. The van der Waals surface area contributed by atoms with Crippen LogP contribution in [0.25, 0.3) is 0 Å². The maximum atomic E-state index is 5.83. The van der Waals surface area contributed by atoms with Crippen LogP contribution in [0.3, 0.4) is 0 Å². The first kappa shape index (κ1) is 13.5. The molecule has 0 saturated carbocycles. The van der Waals surface area contributed by atoms with Gasteiger partial charge < -0.3 is 9.47 Å². The fourth-order valence-corrected chi connectivity index (χ4v) is 1.78. The van der Waals surface area contributed by atoms with E-state index in [0.717, 1.165) is 23.2 Å². The molecule has 1 aromatic rings. The van der Waals surface area contributed by atoms with E-state index in [0.29, 0.717) is 0 Å². The van der Waals surface area contributed by atoms with Crippen molar-refractivity contribution in [1.82, 2.24) is 0 Å². The van der Waals surface area contributed by atoms with Gasteiger partial charge in [0.1, 0.15) is 5.75 Å². The SMILES string of the molecule is COCCC(C)Oc1cc(C)c(Br)c(C)c1. The van der Waals surface area contributed by atoms with Gasteiger partial charge in [-0.15, -0.1) is 0 Å². The standard InChI is InChI=1S/C13H19BrO2/c1-9-7-12(8-10(2)13(9)14)16-11(3)5-6-15-4/h7-8,11H,5-6H2,1-4H3. The molecule has 0 saturated heterocycles. The Morgan fingerprint density at radius 1 is 1.25 bits per heavy atom. The third-order valence-electron chi connectivity index (χ3n) is 2.48. The molecular formula is C13H19BrO2. The normalized spacial score (nSPS) is 12.6. The molecule has 0 aliphatic heterocycles. The smallest absolute Gasteiger partial charge is 0.120 e. The van der Waals surface area contributed by atoms with Gasteiger partial charge in [0.2, 0.25) is 0 Å². The van der Waals surface area contributed by atoms with E-state index >= 15 is 0 Å². The molecule has 1 rings (SSSR count). The highest BCUT2D eigenvalue weighted by atomic mass is 79.9. The molecule has 0 heterocycles. The quantitative estimate of drug-likeness (QED) is 0.818. The van der Waals surface area contributed by atoms with Crippen molar-refractivity contribution < 1.29 is 9.47 Å². The molecule has 2 nitrogen and oxygen atoms in total. The average molecular weight is 287 g/mol. The fourth-order valence-electron chi connectivity index (χ4n) is 1.55. The van der Waals surface area contributed by atoms with Crippen molar-refractivity contribution in [3.63, 3.8) is 0 Å². The minimum atomic E-state index is 0.180. The van der Waals surface area contributed by atoms with Crippen LogP contribution in [-0.4, -0.2) is 19.8 Å². The van der Waals surface area contributed by atoms with E-state index < -0.39 is 0 Å². The third-order valence-corrected chi connectivity index (χ3v) is 3.73. The van der Waals surface area contributed by atoms with Crippen LogP contribution in [0.15, 0.2) is 16.6 Å². The van der Waals surface area contributed by atoms with Crippen molar-refractivity contribution in [3.8, 4) is 5.75 Å². The molecule has 0 radical (unpaired) electrons. The minimum absolute atomic E-state index is 0.180. The van der Waals surface area contributed by atoms with Gasteiger partial charge in [0, 0.05) is 24.6 Å². The second-order valence-corrected chi connectivity index (χ2v) is 4.87. The van der Waals surface area contributed by atoms with E-state index in [1.54, 1.807) is 7.11 Å². The van der Waals surface area contributed by atoms with E-state index in [2.05, 4.69) is 48.8 Å². The molecule has 0 fully saturated rings. The van der Waals surface area contributed by atoms with Crippen LogP contribution in [0.5, 0.6) is 5.75 Å². The van der Waals surface area contributed by atoms with Crippen LogP contribution in [0.2, 0.25) is 0 Å². The van der Waals surface area contributed by atoms with Gasteiger partial charge in [-0.2, -0.15) is 0 Å². The lowest BCUT2D eigenvalue weighted by molar-refractivity contribution is 0.135. The van der Waals surface area contributed by atoms with E-state index in [1.807, 2.05) is 0 Å². The van der Waals surface area contributed by atoms with Crippen molar-refractivity contribution in [2.75, 3.05) is 13.7 Å². The Morgan fingerprint density at radius 2 is 1.81 bits per heavy atom. The number of benzene rings is 1. The zero-order chi connectivity index (χ0) is 12.1. The van der Waals surface area contributed by atoms with Crippen molar-refractivity contribution in [2.24, 2.45) is 0 Å². The predicted molar refractivity (Wildman–Crippen MR) is 70.2 cm³/mol. The Morgan fingerprint density at radius 3 is 2.31 bits per heavy atom. The highest BCUT2D eigenvalue weighted by Crippen LogP contribution is 2.27. The number of aryl methyl sites for hydroxylation is 2. The van der Waals surface area contributed by atoms with E-state index in [9.17, 15) is 0 Å².